The van der Waals surface area contributed by atoms with Crippen molar-refractivity contribution in [2.45, 2.75) is 71.5 Å². The second-order valence-electron chi connectivity index (χ2n) is 10.1. The molecule has 2 aromatic rings. The van der Waals surface area contributed by atoms with E-state index in [1.165, 1.54) is 0 Å². The molecular formula is C27H37N3O3. The molecule has 6 nitrogen and oxygen atoms in total. The maximum Gasteiger partial charge on any atom is 0.262 e. The molecular weight excluding hydrogens is 414 g/mol. The molecule has 2 amide bonds. The van der Waals surface area contributed by atoms with Crippen molar-refractivity contribution < 1.29 is 14.3 Å². The molecule has 0 spiro atoms. The van der Waals surface area contributed by atoms with Crippen LogP contribution in [-0.4, -0.2) is 35.4 Å². The number of anilines is 1. The number of ether oxygens (including phenoxy) is 1. The molecule has 0 radical (unpaired) electrons. The van der Waals surface area contributed by atoms with Crippen molar-refractivity contribution in [1.29, 1.82) is 0 Å². The topological polar surface area (TPSA) is 84.7 Å². The monoisotopic (exact) mass is 451 g/mol. The molecule has 3 N–H and O–H groups in total. The predicted molar refractivity (Wildman–Crippen MR) is 132 cm³/mol. The summed E-state index contributed by atoms with van der Waals surface area (Å²) in [6, 6.07) is 16.9. The Hall–Kier alpha value is -2.86. The van der Waals surface area contributed by atoms with Crippen LogP contribution in [0, 0.1) is 5.41 Å². The first-order valence-corrected chi connectivity index (χ1v) is 11.8. The molecule has 1 aliphatic rings. The van der Waals surface area contributed by atoms with Gasteiger partial charge in [0.1, 0.15) is 5.75 Å². The third-order valence-electron chi connectivity index (χ3n) is 5.93. The van der Waals surface area contributed by atoms with Crippen molar-refractivity contribution in [2.24, 2.45) is 11.1 Å². The van der Waals surface area contributed by atoms with Gasteiger partial charge < -0.3 is 20.7 Å². The maximum absolute atomic E-state index is 13.4. The highest BCUT2D eigenvalue weighted by atomic mass is 16.5. The predicted octanol–water partition coefficient (Wildman–Crippen LogP) is 4.74. The van der Waals surface area contributed by atoms with E-state index in [1.807, 2.05) is 59.5 Å². The Morgan fingerprint density at radius 3 is 2.39 bits per heavy atom. The van der Waals surface area contributed by atoms with Gasteiger partial charge in [-0.25, -0.2) is 0 Å². The Balaban J connectivity index is 1.74. The normalized spacial score (nSPS) is 18.4. The Bertz CT molecular complexity index is 924. The summed E-state index contributed by atoms with van der Waals surface area (Å²) in [7, 11) is 0. The smallest absolute Gasteiger partial charge is 0.262 e. The van der Waals surface area contributed by atoms with E-state index in [0.29, 0.717) is 24.4 Å². The minimum Gasteiger partial charge on any atom is -0.484 e. The van der Waals surface area contributed by atoms with Gasteiger partial charge in [-0.05, 0) is 42.0 Å². The first kappa shape index (κ1) is 24.8. The standard InChI is InChI=1S/C27H37N3O3/c1-27(2,3)17-26(32)30(24-16-10-8-14-22(24)28)18-20-11-7-9-15-23(20)29-25(31)19-33-21-12-5-4-6-13-21/h4-7,9,11-13,15,22,24H,8,10,14,16-19,28H2,1-3H3,(H,29,31). The summed E-state index contributed by atoms with van der Waals surface area (Å²) in [5.41, 5.74) is 7.94. The lowest BCUT2D eigenvalue weighted by atomic mass is 9.87. The molecule has 1 saturated carbocycles. The zero-order valence-electron chi connectivity index (χ0n) is 20.0. The zero-order valence-corrected chi connectivity index (χ0v) is 20.0. The molecule has 2 aromatic carbocycles. The number of nitrogens with two attached hydrogens (primary N) is 1. The molecule has 0 aliphatic heterocycles. The Morgan fingerprint density at radius 2 is 1.70 bits per heavy atom. The minimum atomic E-state index is -0.242. The third kappa shape index (κ3) is 7.60. The third-order valence-corrected chi connectivity index (χ3v) is 5.93. The number of nitrogens with zero attached hydrogens (tertiary/aromatic N) is 1. The van der Waals surface area contributed by atoms with E-state index in [1.54, 1.807) is 0 Å². The van der Waals surface area contributed by atoms with Crippen LogP contribution in [0.15, 0.2) is 54.6 Å². The van der Waals surface area contributed by atoms with Crippen LogP contribution >= 0.6 is 0 Å². The van der Waals surface area contributed by atoms with E-state index in [2.05, 4.69) is 26.1 Å². The van der Waals surface area contributed by atoms with Crippen LogP contribution in [0.2, 0.25) is 0 Å². The van der Waals surface area contributed by atoms with Gasteiger partial charge in [0, 0.05) is 30.7 Å². The van der Waals surface area contributed by atoms with Crippen LogP contribution in [0.3, 0.4) is 0 Å². The SMILES string of the molecule is CC(C)(C)CC(=O)N(Cc1ccccc1NC(=O)COc1ccccc1)C1CCCCC1N. The summed E-state index contributed by atoms with van der Waals surface area (Å²) in [5.74, 6) is 0.512. The highest BCUT2D eigenvalue weighted by Gasteiger charge is 2.33. The average Bonchev–Trinajstić information content (AvgIpc) is 2.77. The molecule has 178 valence electrons. The van der Waals surface area contributed by atoms with Gasteiger partial charge in [0.2, 0.25) is 5.91 Å². The molecule has 1 aliphatic carbocycles. The number of hydrogen-bond acceptors (Lipinski definition) is 4. The quantitative estimate of drug-likeness (QED) is 0.607. The Morgan fingerprint density at radius 1 is 1.03 bits per heavy atom. The van der Waals surface area contributed by atoms with E-state index in [9.17, 15) is 9.59 Å². The number of amides is 2. The van der Waals surface area contributed by atoms with Crippen LogP contribution in [0.4, 0.5) is 5.69 Å². The van der Waals surface area contributed by atoms with E-state index >= 15 is 0 Å². The van der Waals surface area contributed by atoms with Gasteiger partial charge in [-0.2, -0.15) is 0 Å². The lowest BCUT2D eigenvalue weighted by Crippen LogP contribution is -2.52. The number of carbonyl (C=O) groups is 2. The van der Waals surface area contributed by atoms with Gasteiger partial charge in [0.25, 0.3) is 5.91 Å². The number of rotatable bonds is 8. The van der Waals surface area contributed by atoms with Gasteiger partial charge in [0.15, 0.2) is 6.61 Å². The molecule has 2 unspecified atom stereocenters. The van der Waals surface area contributed by atoms with E-state index in [4.69, 9.17) is 10.5 Å². The molecule has 0 bridgehead atoms. The molecule has 3 rings (SSSR count). The first-order chi connectivity index (χ1) is 15.7. The molecule has 0 saturated heterocycles. The lowest BCUT2D eigenvalue weighted by molar-refractivity contribution is -0.137. The van der Waals surface area contributed by atoms with Crippen LogP contribution in [0.1, 0.15) is 58.4 Å². The second-order valence-corrected chi connectivity index (χ2v) is 10.1. The number of benzene rings is 2. The van der Waals surface area contributed by atoms with Crippen molar-refractivity contribution in [3.05, 3.63) is 60.2 Å². The van der Waals surface area contributed by atoms with Crippen LogP contribution in [0.5, 0.6) is 5.75 Å². The molecule has 0 aromatic heterocycles. The summed E-state index contributed by atoms with van der Waals surface area (Å²) in [6.07, 6.45) is 4.48. The van der Waals surface area contributed by atoms with Crippen LogP contribution in [0.25, 0.3) is 0 Å². The molecule has 33 heavy (non-hydrogen) atoms. The Kier molecular flexibility index (Phi) is 8.50. The van der Waals surface area contributed by atoms with Gasteiger partial charge in [0.05, 0.1) is 0 Å². The van der Waals surface area contributed by atoms with Gasteiger partial charge in [-0.1, -0.05) is 70.0 Å². The van der Waals surface area contributed by atoms with Gasteiger partial charge in [-0.3, -0.25) is 9.59 Å². The van der Waals surface area contributed by atoms with Crippen molar-refractivity contribution in [3.63, 3.8) is 0 Å². The minimum absolute atomic E-state index is 0.0128. The number of para-hydroxylation sites is 2. The molecule has 2 atom stereocenters. The summed E-state index contributed by atoms with van der Waals surface area (Å²) < 4.78 is 5.57. The van der Waals surface area contributed by atoms with E-state index < -0.39 is 0 Å². The number of hydrogen-bond donors (Lipinski definition) is 2. The van der Waals surface area contributed by atoms with E-state index in [0.717, 1.165) is 31.2 Å². The second kappa shape index (κ2) is 11.3. The Labute approximate surface area is 197 Å². The largest absolute Gasteiger partial charge is 0.484 e. The lowest BCUT2D eigenvalue weighted by Gasteiger charge is -2.40. The average molecular weight is 452 g/mol. The first-order valence-electron chi connectivity index (χ1n) is 11.8. The van der Waals surface area contributed by atoms with Crippen molar-refractivity contribution in [2.75, 3.05) is 11.9 Å². The molecule has 1 fully saturated rings. The fourth-order valence-corrected chi connectivity index (χ4v) is 4.29. The van der Waals surface area contributed by atoms with Crippen molar-refractivity contribution in [1.82, 2.24) is 4.90 Å². The maximum atomic E-state index is 13.4. The van der Waals surface area contributed by atoms with Crippen LogP contribution < -0.4 is 15.8 Å². The highest BCUT2D eigenvalue weighted by Crippen LogP contribution is 2.29. The highest BCUT2D eigenvalue weighted by molar-refractivity contribution is 5.92. The van der Waals surface area contributed by atoms with Crippen molar-refractivity contribution >= 4 is 17.5 Å². The van der Waals surface area contributed by atoms with Crippen LogP contribution in [-0.2, 0) is 16.1 Å². The molecule has 6 heteroatoms. The van der Waals surface area contributed by atoms with Gasteiger partial charge in [-0.15, -0.1) is 0 Å². The van der Waals surface area contributed by atoms with Gasteiger partial charge >= 0.3 is 0 Å². The zero-order chi connectivity index (χ0) is 23.8. The van der Waals surface area contributed by atoms with E-state index in [-0.39, 0.29) is 35.9 Å². The summed E-state index contributed by atoms with van der Waals surface area (Å²) in [5, 5.41) is 2.95. The summed E-state index contributed by atoms with van der Waals surface area (Å²) in [6.45, 7) is 6.56. The van der Waals surface area contributed by atoms with Crippen molar-refractivity contribution in [3.8, 4) is 5.75 Å². The fourth-order valence-electron chi connectivity index (χ4n) is 4.29. The fraction of sp³-hybridized carbons (Fsp3) is 0.481. The number of nitrogens with one attached hydrogen (secondary N) is 1. The summed E-state index contributed by atoms with van der Waals surface area (Å²) >= 11 is 0. The summed E-state index contributed by atoms with van der Waals surface area (Å²) in [4.78, 5) is 27.9. The molecule has 0 heterocycles. The number of carbonyl (C=O) groups excluding carboxylic acids is 2.